The number of aryl methyl sites for hydroxylation is 1. The fourth-order valence-corrected chi connectivity index (χ4v) is 2.15. The van der Waals surface area contributed by atoms with Gasteiger partial charge < -0.3 is 5.32 Å². The lowest BCUT2D eigenvalue weighted by Gasteiger charge is -2.26. The zero-order chi connectivity index (χ0) is 9.97. The summed E-state index contributed by atoms with van der Waals surface area (Å²) in [6.07, 6.45) is 7.24. The first-order chi connectivity index (χ1) is 6.83. The number of nitrogens with zero attached hydrogens (tertiary/aromatic N) is 2. The number of likely N-dealkylation sites (N-methyl/N-ethyl adjacent to an activating group) is 1. The van der Waals surface area contributed by atoms with E-state index in [0.717, 1.165) is 18.9 Å². The topological polar surface area (TPSA) is 29.9 Å². The Morgan fingerprint density at radius 1 is 1.57 bits per heavy atom. The van der Waals surface area contributed by atoms with E-state index in [1.807, 2.05) is 13.2 Å². The number of aromatic nitrogens is 2. The summed E-state index contributed by atoms with van der Waals surface area (Å²) in [5.41, 5.74) is 2.91. The van der Waals surface area contributed by atoms with Crippen LogP contribution in [0.4, 0.5) is 0 Å². The Labute approximate surface area is 85.5 Å². The van der Waals surface area contributed by atoms with Gasteiger partial charge in [-0.15, -0.1) is 0 Å². The lowest BCUT2D eigenvalue weighted by Crippen LogP contribution is -2.17. The average molecular weight is 193 g/mol. The first kappa shape index (κ1) is 9.71. The first-order valence-electron chi connectivity index (χ1n) is 5.48. The highest BCUT2D eigenvalue weighted by Crippen LogP contribution is 2.37. The van der Waals surface area contributed by atoms with E-state index in [4.69, 9.17) is 0 Å². The standard InChI is InChI=1S/C11H19N3/c1-12-7-6-10-8-13-14(2)11(10)9-4-3-5-9/h8-9,12H,3-7H2,1-2H3. The quantitative estimate of drug-likeness (QED) is 0.784. The van der Waals surface area contributed by atoms with Gasteiger partial charge in [-0.2, -0.15) is 5.10 Å². The zero-order valence-electron chi connectivity index (χ0n) is 9.08. The molecule has 0 saturated heterocycles. The molecule has 0 bridgehead atoms. The van der Waals surface area contributed by atoms with Crippen LogP contribution in [-0.4, -0.2) is 23.4 Å². The van der Waals surface area contributed by atoms with Crippen molar-refractivity contribution in [3.05, 3.63) is 17.5 Å². The fraction of sp³-hybridized carbons (Fsp3) is 0.727. The summed E-state index contributed by atoms with van der Waals surface area (Å²) in [6.45, 7) is 1.05. The van der Waals surface area contributed by atoms with Crippen LogP contribution in [0.25, 0.3) is 0 Å². The molecule has 0 aliphatic heterocycles. The summed E-state index contributed by atoms with van der Waals surface area (Å²) >= 11 is 0. The largest absolute Gasteiger partial charge is 0.319 e. The van der Waals surface area contributed by atoms with Crippen molar-refractivity contribution in [2.75, 3.05) is 13.6 Å². The summed E-state index contributed by atoms with van der Waals surface area (Å²) in [7, 11) is 4.07. The molecule has 1 aliphatic carbocycles. The Morgan fingerprint density at radius 2 is 2.36 bits per heavy atom. The van der Waals surface area contributed by atoms with Crippen LogP contribution < -0.4 is 5.32 Å². The average Bonchev–Trinajstić information content (AvgIpc) is 2.43. The molecule has 0 amide bonds. The normalized spacial score (nSPS) is 17.0. The van der Waals surface area contributed by atoms with Crippen LogP contribution in [-0.2, 0) is 13.5 Å². The first-order valence-corrected chi connectivity index (χ1v) is 5.48. The molecule has 0 radical (unpaired) electrons. The van der Waals surface area contributed by atoms with E-state index in [2.05, 4.69) is 22.1 Å². The van der Waals surface area contributed by atoms with E-state index in [9.17, 15) is 0 Å². The molecule has 0 aromatic carbocycles. The van der Waals surface area contributed by atoms with E-state index in [1.165, 1.54) is 30.5 Å². The van der Waals surface area contributed by atoms with Crippen molar-refractivity contribution in [1.82, 2.24) is 15.1 Å². The number of hydrogen-bond donors (Lipinski definition) is 1. The highest BCUT2D eigenvalue weighted by Gasteiger charge is 2.24. The molecule has 1 fully saturated rings. The minimum absolute atomic E-state index is 0.786. The summed E-state index contributed by atoms with van der Waals surface area (Å²) in [4.78, 5) is 0. The third kappa shape index (κ3) is 1.69. The van der Waals surface area contributed by atoms with Gasteiger partial charge in [0.1, 0.15) is 0 Å². The molecular formula is C11H19N3. The van der Waals surface area contributed by atoms with Gasteiger partial charge in [-0.25, -0.2) is 0 Å². The molecule has 78 valence electrons. The van der Waals surface area contributed by atoms with Crippen LogP contribution in [0, 0.1) is 0 Å². The van der Waals surface area contributed by atoms with Crippen LogP contribution in [0.1, 0.15) is 36.4 Å². The van der Waals surface area contributed by atoms with Gasteiger partial charge in [-0.1, -0.05) is 6.42 Å². The van der Waals surface area contributed by atoms with Gasteiger partial charge in [-0.05, 0) is 38.4 Å². The number of nitrogens with one attached hydrogen (secondary N) is 1. The van der Waals surface area contributed by atoms with Crippen LogP contribution >= 0.6 is 0 Å². The van der Waals surface area contributed by atoms with Crippen LogP contribution in [0.2, 0.25) is 0 Å². The Balaban J connectivity index is 2.13. The summed E-state index contributed by atoms with van der Waals surface area (Å²) < 4.78 is 2.06. The monoisotopic (exact) mass is 193 g/mol. The molecular weight excluding hydrogens is 174 g/mol. The second-order valence-electron chi connectivity index (χ2n) is 4.16. The van der Waals surface area contributed by atoms with Crippen molar-refractivity contribution in [1.29, 1.82) is 0 Å². The minimum Gasteiger partial charge on any atom is -0.319 e. The highest BCUT2D eigenvalue weighted by atomic mass is 15.3. The third-order valence-electron chi connectivity index (χ3n) is 3.20. The van der Waals surface area contributed by atoms with Crippen LogP contribution in [0.5, 0.6) is 0 Å². The fourth-order valence-electron chi connectivity index (χ4n) is 2.15. The predicted octanol–water partition coefficient (Wildman–Crippen LogP) is 1.45. The van der Waals surface area contributed by atoms with Gasteiger partial charge in [0.05, 0.1) is 6.20 Å². The molecule has 1 N–H and O–H groups in total. The van der Waals surface area contributed by atoms with Crippen molar-refractivity contribution < 1.29 is 0 Å². The van der Waals surface area contributed by atoms with E-state index >= 15 is 0 Å². The van der Waals surface area contributed by atoms with Crippen LogP contribution in [0.3, 0.4) is 0 Å². The van der Waals surface area contributed by atoms with Gasteiger partial charge in [-0.3, -0.25) is 4.68 Å². The Morgan fingerprint density at radius 3 is 2.93 bits per heavy atom. The molecule has 0 atom stereocenters. The van der Waals surface area contributed by atoms with Gasteiger partial charge in [0.25, 0.3) is 0 Å². The highest BCUT2D eigenvalue weighted by molar-refractivity contribution is 5.23. The molecule has 1 saturated carbocycles. The minimum atomic E-state index is 0.786. The summed E-state index contributed by atoms with van der Waals surface area (Å²) in [6, 6.07) is 0. The molecule has 3 nitrogen and oxygen atoms in total. The molecule has 2 rings (SSSR count). The molecule has 0 spiro atoms. The van der Waals surface area contributed by atoms with Gasteiger partial charge in [0.2, 0.25) is 0 Å². The third-order valence-corrected chi connectivity index (χ3v) is 3.20. The Kier molecular flexibility index (Phi) is 2.87. The summed E-state index contributed by atoms with van der Waals surface area (Å²) in [5.74, 6) is 0.786. The number of rotatable bonds is 4. The lowest BCUT2D eigenvalue weighted by atomic mass is 9.81. The maximum Gasteiger partial charge on any atom is 0.0525 e. The summed E-state index contributed by atoms with van der Waals surface area (Å²) in [5, 5.41) is 7.55. The maximum atomic E-state index is 4.36. The van der Waals surface area contributed by atoms with Gasteiger partial charge in [0, 0.05) is 18.7 Å². The number of hydrogen-bond acceptors (Lipinski definition) is 2. The van der Waals surface area contributed by atoms with E-state index in [0.29, 0.717) is 0 Å². The van der Waals surface area contributed by atoms with Crippen molar-refractivity contribution in [2.24, 2.45) is 7.05 Å². The smallest absolute Gasteiger partial charge is 0.0525 e. The van der Waals surface area contributed by atoms with Crippen molar-refractivity contribution in [2.45, 2.75) is 31.6 Å². The second kappa shape index (κ2) is 4.13. The molecule has 1 heterocycles. The van der Waals surface area contributed by atoms with E-state index in [-0.39, 0.29) is 0 Å². The van der Waals surface area contributed by atoms with Gasteiger partial charge in [0.15, 0.2) is 0 Å². The molecule has 3 heteroatoms. The van der Waals surface area contributed by atoms with Gasteiger partial charge >= 0.3 is 0 Å². The SMILES string of the molecule is CNCCc1cnn(C)c1C1CCC1. The zero-order valence-corrected chi connectivity index (χ0v) is 9.08. The van der Waals surface area contributed by atoms with Crippen molar-refractivity contribution in [3.63, 3.8) is 0 Å². The lowest BCUT2D eigenvalue weighted by molar-refractivity contribution is 0.394. The Hall–Kier alpha value is -0.830. The molecule has 0 unspecified atom stereocenters. The molecule has 1 aliphatic rings. The van der Waals surface area contributed by atoms with E-state index in [1.54, 1.807) is 0 Å². The maximum absolute atomic E-state index is 4.36. The molecule has 1 aromatic heterocycles. The Bertz CT molecular complexity index is 299. The molecule has 1 aromatic rings. The van der Waals surface area contributed by atoms with Crippen LogP contribution in [0.15, 0.2) is 6.20 Å². The molecule has 14 heavy (non-hydrogen) atoms. The van der Waals surface area contributed by atoms with Crippen molar-refractivity contribution >= 4 is 0 Å². The van der Waals surface area contributed by atoms with Crippen molar-refractivity contribution in [3.8, 4) is 0 Å². The second-order valence-corrected chi connectivity index (χ2v) is 4.16. The predicted molar refractivity (Wildman–Crippen MR) is 57.4 cm³/mol. The van der Waals surface area contributed by atoms with E-state index < -0.39 is 0 Å².